The highest BCUT2D eigenvalue weighted by molar-refractivity contribution is 7.80. The quantitative estimate of drug-likeness (QED) is 0.511. The summed E-state index contributed by atoms with van der Waals surface area (Å²) in [5, 5.41) is 11.3. The van der Waals surface area contributed by atoms with Crippen LogP contribution in [-0.2, 0) is 6.54 Å². The third-order valence-electron chi connectivity index (χ3n) is 3.58. The zero-order valence-electron chi connectivity index (χ0n) is 13.9. The number of hydrogen-bond donors (Lipinski definition) is 2. The van der Waals surface area contributed by atoms with E-state index in [4.69, 9.17) is 23.8 Å². The molecule has 2 aromatic carbocycles. The van der Waals surface area contributed by atoms with E-state index in [0.717, 1.165) is 5.56 Å². The normalized spacial score (nSPS) is 10.4. The van der Waals surface area contributed by atoms with Crippen LogP contribution in [0.25, 0.3) is 0 Å². The number of aromatic nitrogens is 3. The Bertz CT molecular complexity index is 956. The second-order valence-electron chi connectivity index (χ2n) is 5.57. The van der Waals surface area contributed by atoms with Gasteiger partial charge < -0.3 is 5.32 Å². The summed E-state index contributed by atoms with van der Waals surface area (Å²) in [5.74, 6) is 0.366. The Balaban J connectivity index is 1.62. The molecule has 0 amide bonds. The number of carbonyl (C=O) groups excluding carboxylic acids is 1. The number of anilines is 2. The number of Topliss-reactive ketones (excluding diaryl/α,β-unsaturated/α-hetero) is 1. The lowest BCUT2D eigenvalue weighted by molar-refractivity contribution is 0.101. The summed E-state index contributed by atoms with van der Waals surface area (Å²) in [4.78, 5) is 15.6. The van der Waals surface area contributed by atoms with Gasteiger partial charge in [-0.25, -0.2) is 9.67 Å². The van der Waals surface area contributed by atoms with Crippen LogP contribution in [0.3, 0.4) is 0 Å². The lowest BCUT2D eigenvalue weighted by atomic mass is 10.1. The van der Waals surface area contributed by atoms with Gasteiger partial charge in [0.2, 0.25) is 5.95 Å². The van der Waals surface area contributed by atoms with Gasteiger partial charge in [0.05, 0.1) is 6.54 Å². The molecule has 0 unspecified atom stereocenters. The molecule has 0 aliphatic heterocycles. The molecule has 2 N–H and O–H groups in total. The number of benzene rings is 2. The van der Waals surface area contributed by atoms with Gasteiger partial charge in [0.25, 0.3) is 0 Å². The highest BCUT2D eigenvalue weighted by Gasteiger charge is 2.07. The number of rotatable bonds is 5. The highest BCUT2D eigenvalue weighted by Crippen LogP contribution is 2.16. The van der Waals surface area contributed by atoms with Crippen molar-refractivity contribution in [1.29, 1.82) is 0 Å². The summed E-state index contributed by atoms with van der Waals surface area (Å²) < 4.78 is 1.67. The molecule has 0 saturated heterocycles. The lowest BCUT2D eigenvalue weighted by Gasteiger charge is -2.08. The highest BCUT2D eigenvalue weighted by atomic mass is 35.5. The van der Waals surface area contributed by atoms with Crippen molar-refractivity contribution in [2.45, 2.75) is 13.5 Å². The van der Waals surface area contributed by atoms with Crippen molar-refractivity contribution in [3.05, 3.63) is 71.0 Å². The van der Waals surface area contributed by atoms with Gasteiger partial charge in [0.1, 0.15) is 6.33 Å². The van der Waals surface area contributed by atoms with Gasteiger partial charge >= 0.3 is 0 Å². The fourth-order valence-corrected chi connectivity index (χ4v) is 2.71. The molecule has 8 heteroatoms. The predicted octanol–water partition coefficient (Wildman–Crippen LogP) is 3.99. The minimum atomic E-state index is -0.00694. The minimum Gasteiger partial charge on any atom is -0.332 e. The van der Waals surface area contributed by atoms with Crippen LogP contribution in [0.5, 0.6) is 0 Å². The van der Waals surface area contributed by atoms with Gasteiger partial charge in [0, 0.05) is 16.3 Å². The van der Waals surface area contributed by atoms with Crippen LogP contribution in [0.4, 0.5) is 11.6 Å². The summed E-state index contributed by atoms with van der Waals surface area (Å²) in [6.07, 6.45) is 1.60. The molecule has 0 radical (unpaired) electrons. The number of carbonyl (C=O) groups is 1. The Kier molecular flexibility index (Phi) is 5.60. The molecule has 1 aromatic heterocycles. The van der Waals surface area contributed by atoms with E-state index in [9.17, 15) is 4.79 Å². The van der Waals surface area contributed by atoms with Gasteiger partial charge in [-0.2, -0.15) is 0 Å². The summed E-state index contributed by atoms with van der Waals surface area (Å²) in [6.45, 7) is 2.03. The first-order chi connectivity index (χ1) is 12.5. The Morgan fingerprint density at radius 1 is 1.19 bits per heavy atom. The SMILES string of the molecule is CC(=O)c1cccc(NC(=S)Nc2ncn(Cc3ccccc3Cl)n2)c1. The molecule has 0 aliphatic rings. The zero-order valence-corrected chi connectivity index (χ0v) is 15.5. The molecular weight excluding hydrogens is 370 g/mol. The molecule has 132 valence electrons. The van der Waals surface area contributed by atoms with Crippen LogP contribution in [0, 0.1) is 0 Å². The molecule has 0 saturated carbocycles. The van der Waals surface area contributed by atoms with Crippen molar-refractivity contribution in [3.8, 4) is 0 Å². The molecule has 6 nitrogen and oxygen atoms in total. The van der Waals surface area contributed by atoms with E-state index in [0.29, 0.717) is 33.9 Å². The lowest BCUT2D eigenvalue weighted by Crippen LogP contribution is -2.20. The smallest absolute Gasteiger partial charge is 0.248 e. The van der Waals surface area contributed by atoms with Crippen LogP contribution in [0.15, 0.2) is 54.9 Å². The first-order valence-corrected chi connectivity index (χ1v) is 8.62. The van der Waals surface area contributed by atoms with E-state index in [-0.39, 0.29) is 5.78 Å². The van der Waals surface area contributed by atoms with Crippen LogP contribution < -0.4 is 10.6 Å². The van der Waals surface area contributed by atoms with Crippen LogP contribution in [0.1, 0.15) is 22.8 Å². The third kappa shape index (κ3) is 4.65. The van der Waals surface area contributed by atoms with E-state index >= 15 is 0 Å². The summed E-state index contributed by atoms with van der Waals surface area (Å²) in [7, 11) is 0. The second kappa shape index (κ2) is 8.07. The number of hydrogen-bond acceptors (Lipinski definition) is 4. The maximum Gasteiger partial charge on any atom is 0.248 e. The van der Waals surface area contributed by atoms with Gasteiger partial charge in [0.15, 0.2) is 10.9 Å². The van der Waals surface area contributed by atoms with Gasteiger partial charge in [-0.15, -0.1) is 5.10 Å². The molecule has 0 aliphatic carbocycles. The van der Waals surface area contributed by atoms with Crippen molar-refractivity contribution in [1.82, 2.24) is 14.8 Å². The van der Waals surface area contributed by atoms with E-state index in [1.54, 1.807) is 29.2 Å². The molecule has 0 bridgehead atoms. The number of nitrogens with one attached hydrogen (secondary N) is 2. The molecule has 1 heterocycles. The average Bonchev–Trinajstić information content (AvgIpc) is 3.04. The van der Waals surface area contributed by atoms with Gasteiger partial charge in [-0.3, -0.25) is 10.1 Å². The minimum absolute atomic E-state index is 0.00694. The molecular formula is C18H16ClN5OS. The first-order valence-electron chi connectivity index (χ1n) is 7.83. The Morgan fingerprint density at radius 3 is 2.77 bits per heavy atom. The van der Waals surface area contributed by atoms with Crippen molar-refractivity contribution in [2.75, 3.05) is 10.6 Å². The first kappa shape index (κ1) is 18.0. The van der Waals surface area contributed by atoms with E-state index in [2.05, 4.69) is 20.7 Å². The van der Waals surface area contributed by atoms with Crippen molar-refractivity contribution < 1.29 is 4.79 Å². The number of halogens is 1. The Hall–Kier alpha value is -2.77. The second-order valence-corrected chi connectivity index (χ2v) is 6.39. The molecule has 0 fully saturated rings. The predicted molar refractivity (Wildman–Crippen MR) is 107 cm³/mol. The van der Waals surface area contributed by atoms with Crippen LogP contribution >= 0.6 is 23.8 Å². The fourth-order valence-electron chi connectivity index (χ4n) is 2.31. The van der Waals surface area contributed by atoms with E-state index < -0.39 is 0 Å². The monoisotopic (exact) mass is 385 g/mol. The van der Waals surface area contributed by atoms with E-state index in [1.807, 2.05) is 30.3 Å². The number of nitrogens with zero attached hydrogens (tertiary/aromatic N) is 3. The third-order valence-corrected chi connectivity index (χ3v) is 4.15. The summed E-state index contributed by atoms with van der Waals surface area (Å²) in [5.41, 5.74) is 2.28. The van der Waals surface area contributed by atoms with Crippen LogP contribution in [0.2, 0.25) is 5.02 Å². The zero-order chi connectivity index (χ0) is 18.5. The van der Waals surface area contributed by atoms with Crippen molar-refractivity contribution in [2.24, 2.45) is 0 Å². The average molecular weight is 386 g/mol. The van der Waals surface area contributed by atoms with Crippen LogP contribution in [-0.4, -0.2) is 25.7 Å². The Morgan fingerprint density at radius 2 is 2.00 bits per heavy atom. The number of thiocarbonyl (C=S) groups is 1. The largest absolute Gasteiger partial charge is 0.332 e. The summed E-state index contributed by atoms with van der Waals surface area (Å²) in [6, 6.07) is 14.7. The van der Waals surface area contributed by atoms with Gasteiger partial charge in [-0.1, -0.05) is 41.9 Å². The standard InChI is InChI=1S/C18H16ClN5OS/c1-12(25)13-6-4-7-15(9-13)21-18(26)22-17-20-11-24(23-17)10-14-5-2-3-8-16(14)19/h2-9,11H,10H2,1H3,(H2,21,22,23,26). The topological polar surface area (TPSA) is 71.8 Å². The molecule has 0 atom stereocenters. The fraction of sp³-hybridized carbons (Fsp3) is 0.111. The Labute approximate surface area is 161 Å². The van der Waals surface area contributed by atoms with Crippen molar-refractivity contribution in [3.63, 3.8) is 0 Å². The maximum absolute atomic E-state index is 11.4. The van der Waals surface area contributed by atoms with Gasteiger partial charge in [-0.05, 0) is 42.9 Å². The van der Waals surface area contributed by atoms with Crippen molar-refractivity contribution >= 4 is 46.4 Å². The maximum atomic E-state index is 11.4. The molecule has 3 rings (SSSR count). The molecule has 0 spiro atoms. The van der Waals surface area contributed by atoms with E-state index in [1.165, 1.54) is 6.92 Å². The molecule has 3 aromatic rings. The number of ketones is 1. The summed E-state index contributed by atoms with van der Waals surface area (Å²) >= 11 is 11.4. The molecule has 26 heavy (non-hydrogen) atoms.